The van der Waals surface area contributed by atoms with Crippen LogP contribution in [0.5, 0.6) is 11.5 Å². The van der Waals surface area contributed by atoms with E-state index in [-0.39, 0.29) is 5.91 Å². The number of ether oxygens (including phenoxy) is 2. The lowest BCUT2D eigenvalue weighted by Crippen LogP contribution is -2.47. The first kappa shape index (κ1) is 20.2. The monoisotopic (exact) mass is 392 g/mol. The maximum Gasteiger partial charge on any atom is 0.272 e. The van der Waals surface area contributed by atoms with Crippen LogP contribution < -0.4 is 14.8 Å². The Morgan fingerprint density at radius 2 is 2.04 bits per heavy atom. The van der Waals surface area contributed by atoms with Crippen molar-refractivity contribution < 1.29 is 14.3 Å². The van der Waals surface area contributed by atoms with Gasteiger partial charge in [0.25, 0.3) is 5.91 Å². The second-order valence-corrected chi connectivity index (χ2v) is 7.33. The van der Waals surface area contributed by atoms with Gasteiger partial charge in [0.05, 0.1) is 29.4 Å². The largest absolute Gasteiger partial charge is 0.495 e. The molecule has 1 atom stereocenters. The molecule has 7 heteroatoms. The van der Waals surface area contributed by atoms with Crippen LogP contribution in [0.3, 0.4) is 0 Å². The highest BCUT2D eigenvalue weighted by Gasteiger charge is 2.25. The highest BCUT2D eigenvalue weighted by Crippen LogP contribution is 2.31. The van der Waals surface area contributed by atoms with Crippen LogP contribution in [0.2, 0.25) is 5.02 Å². The van der Waals surface area contributed by atoms with Gasteiger partial charge >= 0.3 is 0 Å². The molecular weight excluding hydrogens is 372 g/mol. The smallest absolute Gasteiger partial charge is 0.272 e. The minimum absolute atomic E-state index is 0.259. The molecule has 0 spiro atoms. The van der Waals surface area contributed by atoms with E-state index in [4.69, 9.17) is 21.1 Å². The molecule has 1 aromatic heterocycles. The van der Waals surface area contributed by atoms with Crippen molar-refractivity contribution in [1.82, 2.24) is 10.3 Å². The van der Waals surface area contributed by atoms with E-state index in [1.807, 2.05) is 19.9 Å². The fourth-order valence-electron chi connectivity index (χ4n) is 2.38. The molecule has 1 N–H and O–H groups in total. The molecule has 0 radical (unpaired) electrons. The van der Waals surface area contributed by atoms with Crippen molar-refractivity contribution in [3.05, 3.63) is 29.4 Å². The quantitative estimate of drug-likeness (QED) is 0.597. The molecule has 0 fully saturated rings. The Hall–Kier alpha value is -2.10. The summed E-state index contributed by atoms with van der Waals surface area (Å²) in [6.07, 6.45) is 3.40. The molecule has 5 nitrogen and oxygen atoms in total. The van der Waals surface area contributed by atoms with Crippen molar-refractivity contribution in [1.29, 1.82) is 0 Å². The van der Waals surface area contributed by atoms with Crippen LogP contribution in [0.4, 0.5) is 0 Å². The number of nitrogens with one attached hydrogen (secondary N) is 1. The minimum Gasteiger partial charge on any atom is -0.495 e. The highest BCUT2D eigenvalue weighted by molar-refractivity contribution is 7.99. The van der Waals surface area contributed by atoms with Gasteiger partial charge in [0, 0.05) is 11.5 Å². The van der Waals surface area contributed by atoms with Crippen molar-refractivity contribution in [2.24, 2.45) is 0 Å². The van der Waals surface area contributed by atoms with Crippen molar-refractivity contribution in [3.8, 4) is 23.3 Å². The number of thioether (sulfide) groups is 1. The van der Waals surface area contributed by atoms with Gasteiger partial charge in [-0.2, -0.15) is 0 Å². The average molecular weight is 393 g/mol. The molecule has 138 valence electrons. The van der Waals surface area contributed by atoms with E-state index in [2.05, 4.69) is 22.1 Å². The first-order valence-corrected chi connectivity index (χ1v) is 9.55. The van der Waals surface area contributed by atoms with E-state index in [9.17, 15) is 4.79 Å². The molecule has 26 heavy (non-hydrogen) atoms. The van der Waals surface area contributed by atoms with Gasteiger partial charge in [-0.1, -0.05) is 17.5 Å². The number of fused-ring (bicyclic) bond motifs is 1. The summed E-state index contributed by atoms with van der Waals surface area (Å²) in [5, 5.41) is 4.08. The third-order valence-electron chi connectivity index (χ3n) is 3.47. The topological polar surface area (TPSA) is 60.5 Å². The predicted octanol–water partition coefficient (Wildman–Crippen LogP) is 3.88. The van der Waals surface area contributed by atoms with Crippen LogP contribution in [0, 0.1) is 11.8 Å². The standard InChI is InChI=1S/C19H21ClN2O3S/c1-6-7-19(2,3)22-17(23)18(26-5)25-13-8-12-9-14(24-4)11-21-16(12)15(20)10-13/h8-11,18H,1-5H3,(H,22,23). The zero-order chi connectivity index (χ0) is 19.3. The van der Waals surface area contributed by atoms with Crippen molar-refractivity contribution in [2.75, 3.05) is 13.4 Å². The first-order chi connectivity index (χ1) is 12.3. The van der Waals surface area contributed by atoms with Gasteiger partial charge in [-0.15, -0.1) is 17.7 Å². The highest BCUT2D eigenvalue weighted by atomic mass is 35.5. The Kier molecular flexibility index (Phi) is 6.63. The summed E-state index contributed by atoms with van der Waals surface area (Å²) in [4.78, 5) is 16.8. The number of carbonyl (C=O) groups excluding carboxylic acids is 1. The number of hydrogen-bond acceptors (Lipinski definition) is 5. The Labute approximate surface area is 162 Å². The third kappa shape index (κ3) is 4.96. The number of pyridine rings is 1. The summed E-state index contributed by atoms with van der Waals surface area (Å²) in [5.74, 6) is 6.60. The van der Waals surface area contributed by atoms with Gasteiger partial charge in [0.15, 0.2) is 0 Å². The second kappa shape index (κ2) is 8.52. The number of amides is 1. The minimum atomic E-state index is -0.736. The van der Waals surface area contributed by atoms with E-state index in [1.54, 1.807) is 38.6 Å². The number of benzene rings is 1. The molecule has 0 aliphatic carbocycles. The molecular formula is C19H21ClN2O3S. The Bertz CT molecular complexity index is 874. The summed E-state index contributed by atoms with van der Waals surface area (Å²) in [7, 11) is 1.57. The van der Waals surface area contributed by atoms with Gasteiger partial charge in [-0.05, 0) is 39.2 Å². The van der Waals surface area contributed by atoms with E-state index in [0.717, 1.165) is 5.39 Å². The molecule has 0 aliphatic rings. The van der Waals surface area contributed by atoms with E-state index in [0.29, 0.717) is 22.0 Å². The van der Waals surface area contributed by atoms with Crippen molar-refractivity contribution in [2.45, 2.75) is 31.7 Å². The van der Waals surface area contributed by atoms with Crippen molar-refractivity contribution >= 4 is 40.2 Å². The average Bonchev–Trinajstić information content (AvgIpc) is 2.58. The Morgan fingerprint density at radius 1 is 1.35 bits per heavy atom. The summed E-state index contributed by atoms with van der Waals surface area (Å²) in [6, 6.07) is 5.25. The Morgan fingerprint density at radius 3 is 2.65 bits per heavy atom. The SMILES string of the molecule is CC#CC(C)(C)NC(=O)C(Oc1cc(Cl)c2ncc(OC)cc2c1)SC. The molecule has 1 unspecified atom stereocenters. The van der Waals surface area contributed by atoms with Crippen LogP contribution in [-0.4, -0.2) is 35.2 Å². The lowest BCUT2D eigenvalue weighted by Gasteiger charge is -2.24. The summed E-state index contributed by atoms with van der Waals surface area (Å²) in [5.41, 5.74) is -0.731. The second-order valence-electron chi connectivity index (χ2n) is 6.03. The summed E-state index contributed by atoms with van der Waals surface area (Å²) >= 11 is 7.59. The maximum atomic E-state index is 12.5. The summed E-state index contributed by atoms with van der Waals surface area (Å²) in [6.45, 7) is 5.41. The lowest BCUT2D eigenvalue weighted by molar-refractivity contribution is -0.125. The number of methoxy groups -OCH3 is 1. The van der Waals surface area contributed by atoms with Gasteiger partial charge in [0.1, 0.15) is 11.5 Å². The van der Waals surface area contributed by atoms with Crippen molar-refractivity contribution in [3.63, 3.8) is 0 Å². The van der Waals surface area contributed by atoms with Gasteiger partial charge in [0.2, 0.25) is 5.44 Å². The molecule has 1 amide bonds. The van der Waals surface area contributed by atoms with E-state index in [1.165, 1.54) is 11.8 Å². The molecule has 0 saturated carbocycles. The van der Waals surface area contributed by atoms with Gasteiger partial charge in [-0.25, -0.2) is 0 Å². The molecule has 0 saturated heterocycles. The number of nitrogens with zero attached hydrogens (tertiary/aromatic N) is 1. The van der Waals surface area contributed by atoms with E-state index >= 15 is 0 Å². The molecule has 2 aromatic rings. The number of rotatable bonds is 6. The zero-order valence-electron chi connectivity index (χ0n) is 15.3. The number of halogens is 1. The maximum absolute atomic E-state index is 12.5. The van der Waals surface area contributed by atoms with Gasteiger partial charge in [-0.3, -0.25) is 9.78 Å². The Balaban J connectivity index is 2.26. The van der Waals surface area contributed by atoms with Crippen LogP contribution in [0.25, 0.3) is 10.9 Å². The predicted molar refractivity (Wildman–Crippen MR) is 107 cm³/mol. The zero-order valence-corrected chi connectivity index (χ0v) is 16.9. The fourth-order valence-corrected chi connectivity index (χ4v) is 3.13. The van der Waals surface area contributed by atoms with Crippen LogP contribution in [0.1, 0.15) is 20.8 Å². The number of carbonyl (C=O) groups is 1. The fraction of sp³-hybridized carbons (Fsp3) is 0.368. The van der Waals surface area contributed by atoms with E-state index < -0.39 is 11.0 Å². The molecule has 1 aromatic carbocycles. The van der Waals surface area contributed by atoms with Gasteiger partial charge < -0.3 is 14.8 Å². The molecule has 2 rings (SSSR count). The van der Waals surface area contributed by atoms with Crippen LogP contribution in [-0.2, 0) is 4.79 Å². The summed E-state index contributed by atoms with van der Waals surface area (Å²) < 4.78 is 11.1. The first-order valence-electron chi connectivity index (χ1n) is 7.88. The molecule has 1 heterocycles. The van der Waals surface area contributed by atoms with Crippen LogP contribution in [0.15, 0.2) is 24.4 Å². The third-order valence-corrected chi connectivity index (χ3v) is 4.49. The van der Waals surface area contributed by atoms with Crippen LogP contribution >= 0.6 is 23.4 Å². The number of hydrogen-bond donors (Lipinski definition) is 1. The molecule has 0 bridgehead atoms. The molecule has 0 aliphatic heterocycles. The lowest BCUT2D eigenvalue weighted by atomic mass is 10.1. The normalized spacial score (nSPS) is 12.1. The number of aromatic nitrogens is 1.